The number of halogens is 1. The molecule has 1 aromatic carbocycles. The van der Waals surface area contributed by atoms with Gasteiger partial charge in [-0.3, -0.25) is 19.2 Å². The molecule has 0 unspecified atom stereocenters. The van der Waals surface area contributed by atoms with Gasteiger partial charge < -0.3 is 10.1 Å². The third-order valence-corrected chi connectivity index (χ3v) is 3.83. The number of amides is 2. The average molecular weight is 349 g/mol. The van der Waals surface area contributed by atoms with Crippen LogP contribution >= 0.6 is 11.6 Å². The van der Waals surface area contributed by atoms with E-state index in [1.54, 1.807) is 29.1 Å². The predicted molar refractivity (Wildman–Crippen MR) is 89.1 cm³/mol. The maximum atomic E-state index is 12.3. The lowest BCUT2D eigenvalue weighted by Gasteiger charge is -2.29. The first-order valence-corrected chi connectivity index (χ1v) is 7.90. The van der Waals surface area contributed by atoms with Crippen molar-refractivity contribution in [2.24, 2.45) is 0 Å². The standard InChI is InChI=1S/C16H17ClN4O3/c1-11(8-20-6-2-5-18-20)19-15(22)9-21-13-7-12(17)3-4-14(13)24-10-16(21)23/h2-7,11H,8-10H2,1H3,(H,19,22)/t11-/m0/s1. The van der Waals surface area contributed by atoms with Crippen LogP contribution in [0.15, 0.2) is 36.7 Å². The van der Waals surface area contributed by atoms with Crippen LogP contribution in [0.4, 0.5) is 5.69 Å². The second-order valence-electron chi connectivity index (χ2n) is 5.58. The largest absolute Gasteiger partial charge is 0.482 e. The maximum absolute atomic E-state index is 12.3. The zero-order chi connectivity index (χ0) is 17.1. The average Bonchev–Trinajstić information content (AvgIpc) is 3.03. The van der Waals surface area contributed by atoms with E-state index in [2.05, 4.69) is 10.4 Å². The first-order valence-electron chi connectivity index (χ1n) is 7.52. The zero-order valence-electron chi connectivity index (χ0n) is 13.1. The van der Waals surface area contributed by atoms with E-state index in [1.165, 1.54) is 4.90 Å². The molecule has 1 aliphatic heterocycles. The number of nitrogens with one attached hydrogen (secondary N) is 1. The second kappa shape index (κ2) is 6.92. The summed E-state index contributed by atoms with van der Waals surface area (Å²) in [5.74, 6) is 0.00636. The molecule has 0 fully saturated rings. The monoisotopic (exact) mass is 348 g/mol. The molecule has 126 valence electrons. The van der Waals surface area contributed by atoms with Crippen LogP contribution in [0, 0.1) is 0 Å². The van der Waals surface area contributed by atoms with Crippen LogP contribution in [-0.4, -0.2) is 40.8 Å². The van der Waals surface area contributed by atoms with Gasteiger partial charge >= 0.3 is 0 Å². The lowest BCUT2D eigenvalue weighted by Crippen LogP contribution is -2.47. The zero-order valence-corrected chi connectivity index (χ0v) is 13.9. The van der Waals surface area contributed by atoms with Crippen molar-refractivity contribution in [3.63, 3.8) is 0 Å². The highest BCUT2D eigenvalue weighted by atomic mass is 35.5. The van der Waals surface area contributed by atoms with Crippen LogP contribution in [0.2, 0.25) is 5.02 Å². The Morgan fingerprint density at radius 1 is 1.50 bits per heavy atom. The van der Waals surface area contributed by atoms with Gasteiger partial charge in [0.05, 0.1) is 12.2 Å². The van der Waals surface area contributed by atoms with Gasteiger partial charge in [0.2, 0.25) is 5.91 Å². The van der Waals surface area contributed by atoms with Crippen molar-refractivity contribution < 1.29 is 14.3 Å². The van der Waals surface area contributed by atoms with Crippen molar-refractivity contribution in [1.82, 2.24) is 15.1 Å². The molecule has 7 nitrogen and oxygen atoms in total. The quantitative estimate of drug-likeness (QED) is 0.887. The first-order chi connectivity index (χ1) is 11.5. The molecule has 2 amide bonds. The van der Waals surface area contributed by atoms with E-state index in [-0.39, 0.29) is 31.0 Å². The molecule has 8 heteroatoms. The topological polar surface area (TPSA) is 76.5 Å². The molecule has 0 saturated carbocycles. The molecule has 1 atom stereocenters. The summed E-state index contributed by atoms with van der Waals surface area (Å²) in [6.45, 7) is 2.26. The molecule has 1 aromatic heterocycles. The Hall–Kier alpha value is -2.54. The van der Waals surface area contributed by atoms with E-state index in [4.69, 9.17) is 16.3 Å². The minimum Gasteiger partial charge on any atom is -0.482 e. The second-order valence-corrected chi connectivity index (χ2v) is 6.01. The number of carbonyl (C=O) groups excluding carboxylic acids is 2. The van der Waals surface area contributed by atoms with Crippen LogP contribution in [0.5, 0.6) is 5.75 Å². The maximum Gasteiger partial charge on any atom is 0.265 e. The molecule has 2 aromatic rings. The lowest BCUT2D eigenvalue weighted by molar-refractivity contribution is -0.125. The van der Waals surface area contributed by atoms with Gasteiger partial charge in [0.1, 0.15) is 12.3 Å². The van der Waals surface area contributed by atoms with Gasteiger partial charge in [0.25, 0.3) is 5.91 Å². The third kappa shape index (κ3) is 3.68. The summed E-state index contributed by atoms with van der Waals surface area (Å²) in [6, 6.07) is 6.69. The van der Waals surface area contributed by atoms with Crippen LogP contribution in [-0.2, 0) is 16.1 Å². The molecule has 0 saturated heterocycles. The number of hydrogen-bond acceptors (Lipinski definition) is 4. The molecule has 1 N–H and O–H groups in total. The summed E-state index contributed by atoms with van der Waals surface area (Å²) in [5, 5.41) is 7.44. The highest BCUT2D eigenvalue weighted by Crippen LogP contribution is 2.34. The minimum atomic E-state index is -0.278. The molecule has 1 aliphatic rings. The highest BCUT2D eigenvalue weighted by Gasteiger charge is 2.27. The number of aromatic nitrogens is 2. The Kier molecular flexibility index (Phi) is 4.71. The van der Waals surface area contributed by atoms with Gasteiger partial charge in [0, 0.05) is 23.5 Å². The van der Waals surface area contributed by atoms with E-state index in [9.17, 15) is 9.59 Å². The van der Waals surface area contributed by atoms with Gasteiger partial charge in [-0.2, -0.15) is 5.10 Å². The summed E-state index contributed by atoms with van der Waals surface area (Å²) >= 11 is 5.99. The van der Waals surface area contributed by atoms with Gasteiger partial charge in [0.15, 0.2) is 6.61 Å². The van der Waals surface area contributed by atoms with Gasteiger partial charge in [-0.15, -0.1) is 0 Å². The Morgan fingerprint density at radius 2 is 2.33 bits per heavy atom. The molecule has 2 heterocycles. The van der Waals surface area contributed by atoms with Crippen molar-refractivity contribution in [3.05, 3.63) is 41.7 Å². The Balaban J connectivity index is 1.65. The van der Waals surface area contributed by atoms with Crippen molar-refractivity contribution >= 4 is 29.1 Å². The number of rotatable bonds is 5. The van der Waals surface area contributed by atoms with Crippen molar-refractivity contribution in [2.45, 2.75) is 19.5 Å². The normalized spacial score (nSPS) is 14.8. The van der Waals surface area contributed by atoms with Gasteiger partial charge in [-0.05, 0) is 31.2 Å². The Morgan fingerprint density at radius 3 is 3.08 bits per heavy atom. The lowest BCUT2D eigenvalue weighted by atomic mass is 10.2. The highest BCUT2D eigenvalue weighted by molar-refractivity contribution is 6.31. The molecular weight excluding hydrogens is 332 g/mol. The van der Waals surface area contributed by atoms with Crippen molar-refractivity contribution in [1.29, 1.82) is 0 Å². The van der Waals surface area contributed by atoms with E-state index in [0.717, 1.165) is 0 Å². The molecule has 0 aliphatic carbocycles. The molecular formula is C16H17ClN4O3. The Bertz CT molecular complexity index is 748. The molecule has 24 heavy (non-hydrogen) atoms. The molecule has 0 radical (unpaired) electrons. The number of carbonyl (C=O) groups is 2. The van der Waals surface area contributed by atoms with E-state index in [0.29, 0.717) is 23.0 Å². The summed E-state index contributed by atoms with van der Waals surface area (Å²) in [5.41, 5.74) is 0.508. The van der Waals surface area contributed by atoms with Crippen molar-refractivity contribution in [2.75, 3.05) is 18.1 Å². The molecule has 0 spiro atoms. The number of fused-ring (bicyclic) bond motifs is 1. The number of anilines is 1. The summed E-state index contributed by atoms with van der Waals surface area (Å²) < 4.78 is 7.10. The summed E-state index contributed by atoms with van der Waals surface area (Å²) in [4.78, 5) is 25.8. The summed E-state index contributed by atoms with van der Waals surface area (Å²) in [7, 11) is 0. The van der Waals surface area contributed by atoms with Crippen LogP contribution in [0.25, 0.3) is 0 Å². The number of ether oxygens (including phenoxy) is 1. The fourth-order valence-electron chi connectivity index (χ4n) is 2.55. The third-order valence-electron chi connectivity index (χ3n) is 3.59. The van der Waals surface area contributed by atoms with Gasteiger partial charge in [-0.1, -0.05) is 11.6 Å². The fourth-order valence-corrected chi connectivity index (χ4v) is 2.71. The number of hydrogen-bond donors (Lipinski definition) is 1. The van der Waals surface area contributed by atoms with Crippen molar-refractivity contribution in [3.8, 4) is 5.75 Å². The molecule has 0 bridgehead atoms. The Labute approximate surface area is 144 Å². The first kappa shape index (κ1) is 16.3. The van der Waals surface area contributed by atoms with Crippen LogP contribution < -0.4 is 15.0 Å². The predicted octanol–water partition coefficient (Wildman–Crippen LogP) is 1.47. The smallest absolute Gasteiger partial charge is 0.265 e. The molecule has 3 rings (SSSR count). The van der Waals surface area contributed by atoms with Crippen LogP contribution in [0.3, 0.4) is 0 Å². The minimum absolute atomic E-state index is 0.0843. The fraction of sp³-hybridized carbons (Fsp3) is 0.312. The number of nitrogens with zero attached hydrogens (tertiary/aromatic N) is 3. The van der Waals surface area contributed by atoms with E-state index < -0.39 is 0 Å². The van der Waals surface area contributed by atoms with E-state index >= 15 is 0 Å². The van der Waals surface area contributed by atoms with E-state index in [1.807, 2.05) is 19.2 Å². The van der Waals surface area contributed by atoms with Crippen LogP contribution in [0.1, 0.15) is 6.92 Å². The van der Waals surface area contributed by atoms with Gasteiger partial charge in [-0.25, -0.2) is 0 Å². The number of benzene rings is 1. The summed E-state index contributed by atoms with van der Waals surface area (Å²) in [6.07, 6.45) is 3.51. The SMILES string of the molecule is C[C@@H](Cn1cccn1)NC(=O)CN1C(=O)COc2ccc(Cl)cc21.